The van der Waals surface area contributed by atoms with Gasteiger partial charge in [-0.2, -0.15) is 0 Å². The molecule has 0 atom stereocenters. The second-order valence-corrected chi connectivity index (χ2v) is 8.74. The number of benzene rings is 1. The molecule has 1 aromatic heterocycles. The van der Waals surface area contributed by atoms with Crippen molar-refractivity contribution in [2.75, 3.05) is 0 Å². The maximum absolute atomic E-state index is 12.0. The van der Waals surface area contributed by atoms with Gasteiger partial charge in [-0.1, -0.05) is 16.8 Å². The van der Waals surface area contributed by atoms with Gasteiger partial charge in [0.2, 0.25) is 0 Å². The number of nitrogens with one attached hydrogen (secondary N) is 1. The fourth-order valence-electron chi connectivity index (χ4n) is 3.99. The maximum atomic E-state index is 12.0. The van der Waals surface area contributed by atoms with Crippen LogP contribution in [-0.2, 0) is 10.2 Å². The highest BCUT2D eigenvalue weighted by Gasteiger charge is 2.70. The van der Waals surface area contributed by atoms with Crippen LogP contribution in [0.5, 0.6) is 0 Å². The number of alkyl carbamates (subject to hydrolysis) is 1. The molecule has 0 spiro atoms. The maximum Gasteiger partial charge on any atom is 0.408 e. The summed E-state index contributed by atoms with van der Waals surface area (Å²) in [7, 11) is 0. The van der Waals surface area contributed by atoms with E-state index >= 15 is 0 Å². The summed E-state index contributed by atoms with van der Waals surface area (Å²) in [5, 5.41) is 7.98. The largest absolute Gasteiger partial charge is 0.444 e. The number of halogens is 1. The zero-order chi connectivity index (χ0) is 17.9. The third-order valence-corrected chi connectivity index (χ3v) is 5.23. The SMILES string of the molecule is CC(C)(C)OC(=O)NC12CC(c3cc(-c4ccc(Cl)cc4)on3)(C1)C2. The lowest BCUT2D eigenvalue weighted by Gasteiger charge is -2.69. The monoisotopic (exact) mass is 360 g/mol. The first-order valence-corrected chi connectivity index (χ1v) is 8.81. The molecule has 132 valence electrons. The lowest BCUT2D eigenvalue weighted by Crippen LogP contribution is -2.77. The van der Waals surface area contributed by atoms with E-state index in [2.05, 4.69) is 10.5 Å². The Hall–Kier alpha value is -2.01. The molecule has 1 N–H and O–H groups in total. The normalized spacial score (nSPS) is 27.2. The summed E-state index contributed by atoms with van der Waals surface area (Å²) >= 11 is 5.92. The Balaban J connectivity index is 1.40. The van der Waals surface area contributed by atoms with Crippen molar-refractivity contribution in [2.24, 2.45) is 0 Å². The first-order valence-electron chi connectivity index (χ1n) is 8.43. The second-order valence-electron chi connectivity index (χ2n) is 8.30. The molecule has 3 aliphatic carbocycles. The average Bonchev–Trinajstić information content (AvgIpc) is 2.89. The number of ether oxygens (including phenoxy) is 1. The van der Waals surface area contributed by atoms with Gasteiger partial charge in [0.05, 0.1) is 5.69 Å². The van der Waals surface area contributed by atoms with Crippen LogP contribution in [0.2, 0.25) is 5.02 Å². The van der Waals surface area contributed by atoms with E-state index in [1.54, 1.807) is 0 Å². The Morgan fingerprint density at radius 2 is 1.88 bits per heavy atom. The van der Waals surface area contributed by atoms with Crippen LogP contribution in [0.4, 0.5) is 4.79 Å². The fraction of sp³-hybridized carbons (Fsp3) is 0.474. The van der Waals surface area contributed by atoms with E-state index in [9.17, 15) is 4.79 Å². The minimum absolute atomic E-state index is 0.0309. The Morgan fingerprint density at radius 3 is 2.48 bits per heavy atom. The van der Waals surface area contributed by atoms with Crippen molar-refractivity contribution in [3.8, 4) is 11.3 Å². The van der Waals surface area contributed by atoms with Crippen molar-refractivity contribution in [1.29, 1.82) is 0 Å². The summed E-state index contributed by atoms with van der Waals surface area (Å²) in [6, 6.07) is 9.50. The highest BCUT2D eigenvalue weighted by Crippen LogP contribution is 2.67. The number of carbonyl (C=O) groups excluding carboxylic acids is 1. The van der Waals surface area contributed by atoms with E-state index in [0.717, 1.165) is 36.3 Å². The van der Waals surface area contributed by atoms with Crippen molar-refractivity contribution in [2.45, 2.75) is 56.6 Å². The van der Waals surface area contributed by atoms with E-state index in [4.69, 9.17) is 20.9 Å². The lowest BCUT2D eigenvalue weighted by atomic mass is 9.38. The van der Waals surface area contributed by atoms with Crippen LogP contribution in [0.3, 0.4) is 0 Å². The van der Waals surface area contributed by atoms with Crippen LogP contribution in [0, 0.1) is 0 Å². The molecular formula is C19H21ClN2O3. The first-order chi connectivity index (χ1) is 11.7. The molecular weight excluding hydrogens is 340 g/mol. The predicted molar refractivity (Wildman–Crippen MR) is 94.6 cm³/mol. The molecule has 0 unspecified atom stereocenters. The topological polar surface area (TPSA) is 64.4 Å². The summed E-state index contributed by atoms with van der Waals surface area (Å²) in [5.41, 5.74) is 1.33. The molecule has 3 aliphatic rings. The van der Waals surface area contributed by atoms with E-state index < -0.39 is 5.60 Å². The van der Waals surface area contributed by atoms with Gasteiger partial charge in [0.25, 0.3) is 0 Å². The summed E-state index contributed by atoms with van der Waals surface area (Å²) in [5.74, 6) is 0.741. The molecule has 2 bridgehead atoms. The fourth-order valence-corrected chi connectivity index (χ4v) is 4.11. The Bertz CT molecular complexity index is 800. The molecule has 0 aliphatic heterocycles. The average molecular weight is 361 g/mol. The minimum atomic E-state index is -0.481. The molecule has 1 aromatic carbocycles. The van der Waals surface area contributed by atoms with Gasteiger partial charge in [-0.15, -0.1) is 0 Å². The van der Waals surface area contributed by atoms with E-state index in [1.807, 2.05) is 51.1 Å². The molecule has 5 nitrogen and oxygen atoms in total. The van der Waals surface area contributed by atoms with Crippen LogP contribution in [0.1, 0.15) is 45.7 Å². The summed E-state index contributed by atoms with van der Waals surface area (Å²) in [4.78, 5) is 12.0. The van der Waals surface area contributed by atoms with Gasteiger partial charge in [-0.05, 0) is 64.3 Å². The van der Waals surface area contributed by atoms with Gasteiger partial charge in [-0.3, -0.25) is 0 Å². The molecule has 3 saturated carbocycles. The molecule has 1 heterocycles. The van der Waals surface area contributed by atoms with Gasteiger partial charge in [0, 0.05) is 27.6 Å². The van der Waals surface area contributed by atoms with Gasteiger partial charge in [0.1, 0.15) is 5.60 Å². The highest BCUT2D eigenvalue weighted by molar-refractivity contribution is 6.30. The first kappa shape index (κ1) is 16.5. The van der Waals surface area contributed by atoms with Crippen LogP contribution in [0.15, 0.2) is 34.9 Å². The van der Waals surface area contributed by atoms with E-state index in [0.29, 0.717) is 5.02 Å². The molecule has 3 fully saturated rings. The molecule has 0 saturated heterocycles. The van der Waals surface area contributed by atoms with Crippen LogP contribution < -0.4 is 5.32 Å². The number of nitrogens with zero attached hydrogens (tertiary/aromatic N) is 1. The lowest BCUT2D eigenvalue weighted by molar-refractivity contribution is -0.0920. The van der Waals surface area contributed by atoms with Gasteiger partial charge in [0.15, 0.2) is 5.76 Å². The minimum Gasteiger partial charge on any atom is -0.444 e. The molecule has 6 heteroatoms. The molecule has 25 heavy (non-hydrogen) atoms. The predicted octanol–water partition coefficient (Wildman–Crippen LogP) is 4.69. The number of carbonyl (C=O) groups is 1. The van der Waals surface area contributed by atoms with Gasteiger partial charge in [-0.25, -0.2) is 4.79 Å². The van der Waals surface area contributed by atoms with Crippen molar-refractivity contribution < 1.29 is 14.1 Å². The number of amides is 1. The summed E-state index contributed by atoms with van der Waals surface area (Å²) in [6.45, 7) is 5.59. The zero-order valence-electron chi connectivity index (χ0n) is 14.6. The Morgan fingerprint density at radius 1 is 1.24 bits per heavy atom. The summed E-state index contributed by atoms with van der Waals surface area (Å²) in [6.07, 6.45) is 2.30. The van der Waals surface area contributed by atoms with Crippen LogP contribution >= 0.6 is 11.6 Å². The third-order valence-electron chi connectivity index (χ3n) is 4.98. The Kier molecular flexibility index (Phi) is 3.45. The molecule has 0 radical (unpaired) electrons. The smallest absolute Gasteiger partial charge is 0.408 e. The number of aromatic nitrogens is 1. The summed E-state index contributed by atoms with van der Waals surface area (Å²) < 4.78 is 10.9. The van der Waals surface area contributed by atoms with E-state index in [1.165, 1.54) is 0 Å². The molecule has 2 aromatic rings. The third kappa shape index (κ3) is 2.91. The van der Waals surface area contributed by atoms with E-state index in [-0.39, 0.29) is 17.0 Å². The number of hydrogen-bond acceptors (Lipinski definition) is 4. The van der Waals surface area contributed by atoms with Crippen molar-refractivity contribution >= 4 is 17.7 Å². The number of hydrogen-bond donors (Lipinski definition) is 1. The van der Waals surface area contributed by atoms with Crippen molar-refractivity contribution in [3.05, 3.63) is 41.0 Å². The highest BCUT2D eigenvalue weighted by atomic mass is 35.5. The van der Waals surface area contributed by atoms with Crippen molar-refractivity contribution in [1.82, 2.24) is 10.5 Å². The van der Waals surface area contributed by atoms with Gasteiger partial charge < -0.3 is 14.6 Å². The standard InChI is InChI=1S/C19H21ClN2O3/c1-17(2,3)24-16(23)21-19-9-18(10-19,11-19)15-8-14(25-22-15)12-4-6-13(20)7-5-12/h4-8H,9-11H2,1-3H3,(H,21,23). The molecule has 1 amide bonds. The molecule has 5 rings (SSSR count). The van der Waals surface area contributed by atoms with Gasteiger partial charge >= 0.3 is 6.09 Å². The Labute approximate surface area is 151 Å². The van der Waals surface area contributed by atoms with Crippen LogP contribution in [0.25, 0.3) is 11.3 Å². The second kappa shape index (κ2) is 5.24. The zero-order valence-corrected chi connectivity index (χ0v) is 15.3. The van der Waals surface area contributed by atoms with Crippen LogP contribution in [-0.4, -0.2) is 22.4 Å². The number of rotatable bonds is 3. The van der Waals surface area contributed by atoms with Crippen molar-refractivity contribution in [3.63, 3.8) is 0 Å². The quantitative estimate of drug-likeness (QED) is 0.862.